The predicted molar refractivity (Wildman–Crippen MR) is 87.9 cm³/mol. The molecule has 0 aromatic heterocycles. The van der Waals surface area contributed by atoms with Crippen molar-refractivity contribution in [2.75, 3.05) is 5.75 Å². The number of unbranched alkanes of at least 4 members (excludes halogenated alkanes) is 9. The van der Waals surface area contributed by atoms with Crippen molar-refractivity contribution in [1.29, 1.82) is 0 Å². The van der Waals surface area contributed by atoms with Gasteiger partial charge in [-0.2, -0.15) is 11.8 Å². The third kappa shape index (κ3) is 8.96. The Hall–Kier alpha value is 0.310. The molecule has 2 unspecified atom stereocenters. The van der Waals surface area contributed by atoms with Crippen LogP contribution in [0.3, 0.4) is 0 Å². The van der Waals surface area contributed by atoms with Crippen molar-refractivity contribution in [1.82, 2.24) is 0 Å². The molecule has 0 amide bonds. The van der Waals surface area contributed by atoms with Crippen LogP contribution < -0.4 is 0 Å². The third-order valence-electron chi connectivity index (χ3n) is 4.25. The van der Waals surface area contributed by atoms with Crippen LogP contribution in [-0.4, -0.2) is 22.2 Å². The van der Waals surface area contributed by atoms with Crippen LogP contribution in [0.25, 0.3) is 0 Å². The molecular weight excluding hydrogens is 252 g/mol. The van der Waals surface area contributed by atoms with E-state index in [1.54, 1.807) is 0 Å². The first-order valence-corrected chi connectivity index (χ1v) is 9.69. The molecule has 0 aromatic rings. The first-order valence-electron chi connectivity index (χ1n) is 8.64. The van der Waals surface area contributed by atoms with Crippen molar-refractivity contribution in [3.63, 3.8) is 0 Å². The lowest BCUT2D eigenvalue weighted by atomic mass is 10.0. The van der Waals surface area contributed by atoms with Crippen molar-refractivity contribution in [3.8, 4) is 0 Å². The van der Waals surface area contributed by atoms with Gasteiger partial charge in [0.05, 0.1) is 6.10 Å². The predicted octanol–water partition coefficient (Wildman–Crippen LogP) is 5.55. The minimum absolute atomic E-state index is 0.0263. The van der Waals surface area contributed by atoms with Crippen LogP contribution >= 0.6 is 11.8 Å². The number of aliphatic hydroxyl groups is 1. The van der Waals surface area contributed by atoms with Gasteiger partial charge in [-0.05, 0) is 25.0 Å². The normalized spacial score (nSPS) is 20.8. The molecule has 1 fully saturated rings. The first kappa shape index (κ1) is 17.4. The highest BCUT2D eigenvalue weighted by Gasteiger charge is 2.22. The first-order chi connectivity index (χ1) is 9.34. The van der Waals surface area contributed by atoms with Crippen LogP contribution in [0.15, 0.2) is 0 Å². The topological polar surface area (TPSA) is 20.2 Å². The van der Waals surface area contributed by atoms with Crippen LogP contribution in [-0.2, 0) is 0 Å². The maximum atomic E-state index is 10.1. The number of thioether (sulfide) groups is 1. The van der Waals surface area contributed by atoms with Crippen molar-refractivity contribution >= 4 is 11.8 Å². The molecule has 1 rings (SSSR count). The molecule has 1 heterocycles. The fourth-order valence-corrected chi connectivity index (χ4v) is 4.26. The van der Waals surface area contributed by atoms with Gasteiger partial charge in [0, 0.05) is 5.25 Å². The third-order valence-corrected chi connectivity index (χ3v) is 5.75. The zero-order chi connectivity index (χ0) is 13.8. The van der Waals surface area contributed by atoms with E-state index in [9.17, 15) is 5.11 Å². The molecule has 1 nitrogen and oxygen atoms in total. The van der Waals surface area contributed by atoms with Gasteiger partial charge >= 0.3 is 0 Å². The van der Waals surface area contributed by atoms with E-state index in [0.717, 1.165) is 6.42 Å². The largest absolute Gasteiger partial charge is 0.392 e. The van der Waals surface area contributed by atoms with E-state index in [1.807, 2.05) is 11.8 Å². The average molecular weight is 287 g/mol. The summed E-state index contributed by atoms with van der Waals surface area (Å²) in [6.07, 6.45) is 17.4. The van der Waals surface area contributed by atoms with Crippen LogP contribution in [0.4, 0.5) is 0 Å². The van der Waals surface area contributed by atoms with Gasteiger partial charge in [-0.3, -0.25) is 0 Å². The molecular formula is C17H34OS. The summed E-state index contributed by atoms with van der Waals surface area (Å²) in [6.45, 7) is 2.28. The van der Waals surface area contributed by atoms with Crippen molar-refractivity contribution in [2.24, 2.45) is 0 Å². The standard InChI is InChI=1S/C17H34OS/c1-2-3-4-5-6-7-8-9-10-11-13-16(18)17-14-12-15-19-17/h16-18H,2-15H2,1H3. The summed E-state index contributed by atoms with van der Waals surface area (Å²) in [7, 11) is 0. The van der Waals surface area contributed by atoms with E-state index >= 15 is 0 Å². The van der Waals surface area contributed by atoms with Gasteiger partial charge in [0.25, 0.3) is 0 Å². The van der Waals surface area contributed by atoms with Gasteiger partial charge < -0.3 is 5.11 Å². The smallest absolute Gasteiger partial charge is 0.0658 e. The lowest BCUT2D eigenvalue weighted by Crippen LogP contribution is -2.20. The molecule has 19 heavy (non-hydrogen) atoms. The van der Waals surface area contributed by atoms with Gasteiger partial charge in [-0.25, -0.2) is 0 Å². The molecule has 1 N–H and O–H groups in total. The maximum absolute atomic E-state index is 10.1. The highest BCUT2D eigenvalue weighted by Crippen LogP contribution is 2.30. The van der Waals surface area contributed by atoms with Crippen molar-refractivity contribution in [3.05, 3.63) is 0 Å². The second kappa shape index (κ2) is 12.1. The lowest BCUT2D eigenvalue weighted by molar-refractivity contribution is 0.156. The molecule has 2 heteroatoms. The summed E-state index contributed by atoms with van der Waals surface area (Å²) in [5.74, 6) is 1.26. The zero-order valence-electron chi connectivity index (χ0n) is 12.9. The summed E-state index contributed by atoms with van der Waals surface area (Å²) < 4.78 is 0. The molecule has 0 aliphatic carbocycles. The van der Waals surface area contributed by atoms with Crippen LogP contribution in [0.2, 0.25) is 0 Å². The Labute approximate surface area is 124 Å². The average Bonchev–Trinajstić information content (AvgIpc) is 2.95. The Morgan fingerprint density at radius 2 is 1.53 bits per heavy atom. The molecule has 114 valence electrons. The lowest BCUT2D eigenvalue weighted by Gasteiger charge is -2.16. The highest BCUT2D eigenvalue weighted by molar-refractivity contribution is 8.00. The van der Waals surface area contributed by atoms with Gasteiger partial charge in [0.15, 0.2) is 0 Å². The Morgan fingerprint density at radius 3 is 2.05 bits per heavy atom. The zero-order valence-corrected chi connectivity index (χ0v) is 13.7. The Bertz CT molecular complexity index is 190. The van der Waals surface area contributed by atoms with E-state index in [-0.39, 0.29) is 6.10 Å². The summed E-state index contributed by atoms with van der Waals surface area (Å²) in [6, 6.07) is 0. The molecule has 1 aliphatic heterocycles. The number of aliphatic hydroxyl groups excluding tert-OH is 1. The summed E-state index contributed by atoms with van der Waals surface area (Å²) >= 11 is 1.98. The van der Waals surface area contributed by atoms with Crippen LogP contribution in [0.5, 0.6) is 0 Å². The van der Waals surface area contributed by atoms with Gasteiger partial charge in [-0.1, -0.05) is 71.1 Å². The van der Waals surface area contributed by atoms with Crippen LogP contribution in [0, 0.1) is 0 Å². The molecule has 0 radical (unpaired) electrons. The molecule has 0 saturated carbocycles. The van der Waals surface area contributed by atoms with E-state index in [2.05, 4.69) is 6.92 Å². The maximum Gasteiger partial charge on any atom is 0.0658 e. The fraction of sp³-hybridized carbons (Fsp3) is 1.00. The van der Waals surface area contributed by atoms with E-state index in [1.165, 1.54) is 82.8 Å². The van der Waals surface area contributed by atoms with Crippen molar-refractivity contribution < 1.29 is 5.11 Å². The Balaban J connectivity index is 1.78. The molecule has 0 aromatic carbocycles. The monoisotopic (exact) mass is 286 g/mol. The number of rotatable bonds is 12. The van der Waals surface area contributed by atoms with Gasteiger partial charge in [0.2, 0.25) is 0 Å². The summed E-state index contributed by atoms with van der Waals surface area (Å²) in [5, 5.41) is 10.6. The van der Waals surface area contributed by atoms with E-state index in [4.69, 9.17) is 0 Å². The molecule has 2 atom stereocenters. The SMILES string of the molecule is CCCCCCCCCCCCC(O)C1CCCS1. The Kier molecular flexibility index (Phi) is 11.0. The molecule has 0 bridgehead atoms. The summed E-state index contributed by atoms with van der Waals surface area (Å²) in [5.41, 5.74) is 0. The second-order valence-electron chi connectivity index (χ2n) is 6.09. The molecule has 0 spiro atoms. The molecule has 1 saturated heterocycles. The number of hydrogen-bond acceptors (Lipinski definition) is 2. The second-order valence-corrected chi connectivity index (χ2v) is 7.44. The van der Waals surface area contributed by atoms with E-state index in [0.29, 0.717) is 5.25 Å². The minimum atomic E-state index is -0.0263. The van der Waals surface area contributed by atoms with E-state index < -0.39 is 0 Å². The summed E-state index contributed by atoms with van der Waals surface area (Å²) in [4.78, 5) is 0. The van der Waals surface area contributed by atoms with Crippen molar-refractivity contribution in [2.45, 2.75) is 102 Å². The Morgan fingerprint density at radius 1 is 0.947 bits per heavy atom. The number of hydrogen-bond donors (Lipinski definition) is 1. The fourth-order valence-electron chi connectivity index (χ4n) is 2.93. The van der Waals surface area contributed by atoms with Gasteiger partial charge in [-0.15, -0.1) is 0 Å². The van der Waals surface area contributed by atoms with Crippen LogP contribution in [0.1, 0.15) is 90.4 Å². The highest BCUT2D eigenvalue weighted by atomic mass is 32.2. The van der Waals surface area contributed by atoms with Gasteiger partial charge in [0.1, 0.15) is 0 Å². The minimum Gasteiger partial charge on any atom is -0.392 e. The quantitative estimate of drug-likeness (QED) is 0.474. The molecule has 1 aliphatic rings.